The number of amides is 1. The maximum Gasteiger partial charge on any atom is 0.323 e. The van der Waals surface area contributed by atoms with Crippen LogP contribution in [0.25, 0.3) is 0 Å². The van der Waals surface area contributed by atoms with Gasteiger partial charge >= 0.3 is 5.97 Å². The molecule has 0 bridgehead atoms. The first kappa shape index (κ1) is 16.0. The fourth-order valence-electron chi connectivity index (χ4n) is 1.78. The van der Waals surface area contributed by atoms with Crippen molar-refractivity contribution in [2.24, 2.45) is 0 Å². The molecule has 0 aromatic heterocycles. The molecule has 0 aliphatic carbocycles. The highest BCUT2D eigenvalue weighted by molar-refractivity contribution is 5.82. The zero-order chi connectivity index (χ0) is 15.0. The number of aliphatic carboxylic acids is 1. The van der Waals surface area contributed by atoms with E-state index in [-0.39, 0.29) is 19.1 Å². The number of rotatable bonds is 8. The molecule has 0 aliphatic heterocycles. The zero-order valence-corrected chi connectivity index (χ0v) is 12.0. The summed E-state index contributed by atoms with van der Waals surface area (Å²) in [4.78, 5) is 23.9. The molecule has 5 nitrogen and oxygen atoms in total. The van der Waals surface area contributed by atoms with Gasteiger partial charge in [0.25, 0.3) is 5.91 Å². The second kappa shape index (κ2) is 8.19. The van der Waals surface area contributed by atoms with Crippen LogP contribution in [-0.2, 0) is 16.0 Å². The molecule has 110 valence electrons. The number of hydrogen-bond acceptors (Lipinski definition) is 3. The molecule has 0 saturated heterocycles. The van der Waals surface area contributed by atoms with E-state index in [0.717, 1.165) is 6.42 Å². The monoisotopic (exact) mass is 279 g/mol. The van der Waals surface area contributed by atoms with Crippen molar-refractivity contribution in [2.75, 3.05) is 19.7 Å². The first-order valence-electron chi connectivity index (χ1n) is 6.78. The molecule has 1 aromatic carbocycles. The van der Waals surface area contributed by atoms with Gasteiger partial charge in [-0.15, -0.1) is 0 Å². The highest BCUT2D eigenvalue weighted by atomic mass is 16.5. The lowest BCUT2D eigenvalue weighted by Gasteiger charge is -2.20. The van der Waals surface area contributed by atoms with Crippen LogP contribution >= 0.6 is 0 Å². The molecule has 0 spiro atoms. The number of carbonyl (C=O) groups excluding carboxylic acids is 1. The largest absolute Gasteiger partial charge is 0.484 e. The van der Waals surface area contributed by atoms with Crippen LogP contribution in [0.2, 0.25) is 0 Å². The van der Waals surface area contributed by atoms with Crippen LogP contribution in [0.3, 0.4) is 0 Å². The number of carboxylic acid groups (broad SMARTS) is 1. The van der Waals surface area contributed by atoms with E-state index in [9.17, 15) is 9.59 Å². The van der Waals surface area contributed by atoms with E-state index in [4.69, 9.17) is 9.84 Å². The Morgan fingerprint density at radius 1 is 1.20 bits per heavy atom. The number of nitrogens with zero attached hydrogens (tertiary/aromatic N) is 1. The highest BCUT2D eigenvalue weighted by Crippen LogP contribution is 2.12. The van der Waals surface area contributed by atoms with Gasteiger partial charge in [-0.25, -0.2) is 0 Å². The van der Waals surface area contributed by atoms with Gasteiger partial charge in [-0.05, 0) is 30.5 Å². The van der Waals surface area contributed by atoms with Gasteiger partial charge in [-0.1, -0.05) is 26.0 Å². The van der Waals surface area contributed by atoms with Gasteiger partial charge in [0.1, 0.15) is 12.3 Å². The molecule has 1 aromatic rings. The first-order valence-corrected chi connectivity index (χ1v) is 6.78. The van der Waals surface area contributed by atoms with Crippen molar-refractivity contribution < 1.29 is 19.4 Å². The van der Waals surface area contributed by atoms with Crippen molar-refractivity contribution in [1.29, 1.82) is 0 Å². The Kier molecular flexibility index (Phi) is 6.56. The average Bonchev–Trinajstić information content (AvgIpc) is 2.44. The normalized spacial score (nSPS) is 10.1. The van der Waals surface area contributed by atoms with Gasteiger partial charge in [-0.3, -0.25) is 9.59 Å². The summed E-state index contributed by atoms with van der Waals surface area (Å²) in [7, 11) is 0. The molecule has 1 N–H and O–H groups in total. The third kappa shape index (κ3) is 5.30. The van der Waals surface area contributed by atoms with Crippen molar-refractivity contribution in [2.45, 2.75) is 26.7 Å². The second-order valence-electron chi connectivity index (χ2n) is 4.50. The van der Waals surface area contributed by atoms with E-state index in [1.54, 1.807) is 0 Å². The number of hydrogen-bond donors (Lipinski definition) is 1. The molecule has 0 aliphatic rings. The van der Waals surface area contributed by atoms with Crippen molar-refractivity contribution in [1.82, 2.24) is 4.90 Å². The molecule has 5 heteroatoms. The summed E-state index contributed by atoms with van der Waals surface area (Å²) in [6.45, 7) is 3.95. The Morgan fingerprint density at radius 3 is 2.35 bits per heavy atom. The molecule has 0 saturated carbocycles. The summed E-state index contributed by atoms with van der Waals surface area (Å²) >= 11 is 0. The number of carbonyl (C=O) groups is 2. The van der Waals surface area contributed by atoms with Gasteiger partial charge in [0.05, 0.1) is 0 Å². The van der Waals surface area contributed by atoms with E-state index >= 15 is 0 Å². The summed E-state index contributed by atoms with van der Waals surface area (Å²) in [6.07, 6.45) is 1.66. The van der Waals surface area contributed by atoms with Crippen molar-refractivity contribution in [3.63, 3.8) is 0 Å². The first-order chi connectivity index (χ1) is 9.56. The molecule has 1 amide bonds. The molecule has 20 heavy (non-hydrogen) atoms. The Hall–Kier alpha value is -2.04. The van der Waals surface area contributed by atoms with E-state index < -0.39 is 5.97 Å². The van der Waals surface area contributed by atoms with Crippen LogP contribution in [0.5, 0.6) is 5.75 Å². The Balaban J connectivity index is 2.52. The average molecular weight is 279 g/mol. The van der Waals surface area contributed by atoms with Crippen LogP contribution in [0.1, 0.15) is 25.8 Å². The maximum atomic E-state index is 11.9. The van der Waals surface area contributed by atoms with Crippen molar-refractivity contribution >= 4 is 11.9 Å². The molecule has 1 rings (SSSR count). The second-order valence-corrected chi connectivity index (χ2v) is 4.50. The number of carboxylic acids is 1. The Labute approximate surface area is 119 Å². The van der Waals surface area contributed by atoms with Gasteiger partial charge in [0, 0.05) is 6.54 Å². The molecular formula is C15H21NO4. The maximum absolute atomic E-state index is 11.9. The third-order valence-electron chi connectivity index (χ3n) is 2.87. The minimum absolute atomic E-state index is 0.140. The van der Waals surface area contributed by atoms with Crippen LogP contribution < -0.4 is 4.74 Å². The summed E-state index contributed by atoms with van der Waals surface area (Å²) < 4.78 is 5.39. The van der Waals surface area contributed by atoms with Crippen molar-refractivity contribution in [3.8, 4) is 5.75 Å². The summed E-state index contributed by atoms with van der Waals surface area (Å²) in [6, 6.07) is 7.52. The van der Waals surface area contributed by atoms with Gasteiger partial charge in [-0.2, -0.15) is 0 Å². The van der Waals surface area contributed by atoms with Gasteiger partial charge in [0.15, 0.2) is 6.61 Å². The summed E-state index contributed by atoms with van der Waals surface area (Å²) in [5.74, 6) is -0.713. The van der Waals surface area contributed by atoms with Crippen molar-refractivity contribution in [3.05, 3.63) is 29.8 Å². The molecule has 0 atom stereocenters. The number of benzene rings is 1. The van der Waals surface area contributed by atoms with Crippen LogP contribution in [-0.4, -0.2) is 41.6 Å². The highest BCUT2D eigenvalue weighted by Gasteiger charge is 2.16. The lowest BCUT2D eigenvalue weighted by atomic mass is 10.2. The third-order valence-corrected chi connectivity index (χ3v) is 2.87. The zero-order valence-electron chi connectivity index (χ0n) is 12.0. The molecular weight excluding hydrogens is 258 g/mol. The Morgan fingerprint density at radius 2 is 1.85 bits per heavy atom. The van der Waals surface area contributed by atoms with Crippen LogP contribution in [0.4, 0.5) is 0 Å². The van der Waals surface area contributed by atoms with Crippen LogP contribution in [0, 0.1) is 0 Å². The quantitative estimate of drug-likeness (QED) is 0.790. The fourth-order valence-corrected chi connectivity index (χ4v) is 1.78. The minimum Gasteiger partial charge on any atom is -0.484 e. The SMILES string of the molecule is CCCN(CC(=O)O)C(=O)COc1ccc(CC)cc1. The molecule has 0 heterocycles. The molecule has 0 fully saturated rings. The topological polar surface area (TPSA) is 66.8 Å². The van der Waals surface area contributed by atoms with Crippen LogP contribution in [0.15, 0.2) is 24.3 Å². The smallest absolute Gasteiger partial charge is 0.323 e. The van der Waals surface area contributed by atoms with E-state index in [0.29, 0.717) is 18.7 Å². The van der Waals surface area contributed by atoms with Gasteiger partial charge < -0.3 is 14.7 Å². The predicted molar refractivity (Wildman–Crippen MR) is 75.8 cm³/mol. The minimum atomic E-state index is -1.01. The molecule has 0 radical (unpaired) electrons. The van der Waals surface area contributed by atoms with E-state index in [2.05, 4.69) is 6.92 Å². The van der Waals surface area contributed by atoms with E-state index in [1.165, 1.54) is 10.5 Å². The van der Waals surface area contributed by atoms with E-state index in [1.807, 2.05) is 31.2 Å². The summed E-state index contributed by atoms with van der Waals surface area (Å²) in [5.41, 5.74) is 1.20. The fraction of sp³-hybridized carbons (Fsp3) is 0.467. The summed E-state index contributed by atoms with van der Waals surface area (Å²) in [5, 5.41) is 8.77. The lowest BCUT2D eigenvalue weighted by molar-refractivity contribution is -0.145. The van der Waals surface area contributed by atoms with Gasteiger partial charge in [0.2, 0.25) is 0 Å². The molecule has 0 unspecified atom stereocenters. The standard InChI is InChI=1S/C15H21NO4/c1-3-9-16(10-15(18)19)14(17)11-20-13-7-5-12(4-2)6-8-13/h5-8H,3-4,9-11H2,1-2H3,(H,18,19). The Bertz CT molecular complexity index is 442. The predicted octanol–water partition coefficient (Wildman–Crippen LogP) is 1.95. The number of ether oxygens (including phenoxy) is 1. The lowest BCUT2D eigenvalue weighted by Crippen LogP contribution is -2.39. The number of aryl methyl sites for hydroxylation is 1.